The van der Waals surface area contributed by atoms with Crippen LogP contribution in [0.25, 0.3) is 11.5 Å². The van der Waals surface area contributed by atoms with E-state index in [1.165, 1.54) is 7.05 Å². The van der Waals surface area contributed by atoms with E-state index in [2.05, 4.69) is 27.0 Å². The highest BCUT2D eigenvalue weighted by Gasteiger charge is 2.35. The van der Waals surface area contributed by atoms with Crippen LogP contribution in [0.3, 0.4) is 0 Å². The standard InChI is InChI=1S/C27H37ClN6O4S/c1-17-7-9-19(10-8-17)15-27(3,29)26-32-31-25(38-26)21-14-22(30-24(23(21)28)33(4)39(6,35)36)34(11-12-37-5)16-20-13-18(20)2/h7-10,14,18,20H,11-13,15-16,29H2,1-6H3. The van der Waals surface area contributed by atoms with Gasteiger partial charge < -0.3 is 19.8 Å². The van der Waals surface area contributed by atoms with Crippen LogP contribution in [0.15, 0.2) is 34.7 Å². The third kappa shape index (κ3) is 6.89. The van der Waals surface area contributed by atoms with E-state index in [-0.39, 0.29) is 22.6 Å². The molecule has 12 heteroatoms. The fourth-order valence-corrected chi connectivity index (χ4v) is 5.19. The molecule has 0 spiro atoms. The van der Waals surface area contributed by atoms with Crippen molar-refractivity contribution in [2.24, 2.45) is 17.6 Å². The van der Waals surface area contributed by atoms with Gasteiger partial charge in [-0.1, -0.05) is 48.4 Å². The topological polar surface area (TPSA) is 128 Å². The number of rotatable bonds is 12. The first-order valence-electron chi connectivity index (χ1n) is 12.9. The van der Waals surface area contributed by atoms with E-state index in [4.69, 9.17) is 26.5 Å². The van der Waals surface area contributed by atoms with Gasteiger partial charge in [-0.05, 0) is 50.2 Å². The Hall–Kier alpha value is -2.73. The molecule has 0 bridgehead atoms. The molecule has 0 amide bonds. The summed E-state index contributed by atoms with van der Waals surface area (Å²) in [5.74, 6) is 2.14. The van der Waals surface area contributed by atoms with Gasteiger partial charge in [-0.15, -0.1) is 10.2 Å². The van der Waals surface area contributed by atoms with Gasteiger partial charge in [0.05, 0.1) is 29.0 Å². The van der Waals surface area contributed by atoms with Gasteiger partial charge in [0.1, 0.15) is 5.82 Å². The summed E-state index contributed by atoms with van der Waals surface area (Å²) in [7, 11) is -0.601. The van der Waals surface area contributed by atoms with Crippen LogP contribution in [0, 0.1) is 18.8 Å². The quantitative estimate of drug-likeness (QED) is 0.340. The Kier molecular flexibility index (Phi) is 8.55. The van der Waals surface area contributed by atoms with Crippen LogP contribution in [0.2, 0.25) is 5.02 Å². The molecule has 3 unspecified atom stereocenters. The summed E-state index contributed by atoms with van der Waals surface area (Å²) >= 11 is 6.76. The molecule has 39 heavy (non-hydrogen) atoms. The van der Waals surface area contributed by atoms with Crippen molar-refractivity contribution in [1.29, 1.82) is 0 Å². The molecule has 1 aliphatic rings. The average molecular weight is 577 g/mol. The Morgan fingerprint density at radius 2 is 1.92 bits per heavy atom. The van der Waals surface area contributed by atoms with Gasteiger partial charge >= 0.3 is 0 Å². The summed E-state index contributed by atoms with van der Waals surface area (Å²) in [6.07, 6.45) is 2.71. The minimum Gasteiger partial charge on any atom is -0.419 e. The van der Waals surface area contributed by atoms with E-state index in [1.807, 2.05) is 38.1 Å². The molecule has 10 nitrogen and oxygen atoms in total. The predicted molar refractivity (Wildman–Crippen MR) is 154 cm³/mol. The molecular formula is C27H37ClN6O4S. The number of aryl methyl sites for hydroxylation is 1. The maximum atomic E-state index is 12.5. The predicted octanol–water partition coefficient (Wildman–Crippen LogP) is 4.01. The lowest BCUT2D eigenvalue weighted by Gasteiger charge is -2.26. The summed E-state index contributed by atoms with van der Waals surface area (Å²) in [5, 5.41) is 8.60. The van der Waals surface area contributed by atoms with Crippen LogP contribution < -0.4 is 14.9 Å². The Labute approximate surface area is 235 Å². The maximum absolute atomic E-state index is 12.5. The Balaban J connectivity index is 1.75. The summed E-state index contributed by atoms with van der Waals surface area (Å²) in [6, 6.07) is 9.86. The number of nitrogens with zero attached hydrogens (tertiary/aromatic N) is 5. The van der Waals surface area contributed by atoms with Crippen LogP contribution in [-0.4, -0.2) is 63.7 Å². The van der Waals surface area contributed by atoms with E-state index < -0.39 is 15.6 Å². The largest absolute Gasteiger partial charge is 0.419 e. The van der Waals surface area contributed by atoms with E-state index in [0.717, 1.165) is 34.7 Å². The number of benzene rings is 1. The zero-order chi connectivity index (χ0) is 28.5. The molecule has 0 saturated heterocycles. The number of nitrogens with two attached hydrogens (primary N) is 1. The zero-order valence-electron chi connectivity index (χ0n) is 23.3. The van der Waals surface area contributed by atoms with Gasteiger partial charge in [0.25, 0.3) is 0 Å². The van der Waals surface area contributed by atoms with E-state index in [1.54, 1.807) is 13.2 Å². The Morgan fingerprint density at radius 3 is 2.51 bits per heavy atom. The Bertz CT molecular complexity index is 1410. The lowest BCUT2D eigenvalue weighted by Crippen LogP contribution is -2.35. The van der Waals surface area contributed by atoms with Crippen LogP contribution in [0.1, 0.15) is 37.3 Å². The second kappa shape index (κ2) is 11.4. The molecular weight excluding hydrogens is 540 g/mol. The summed E-state index contributed by atoms with van der Waals surface area (Å²) in [5.41, 5.74) is 8.26. The highest BCUT2D eigenvalue weighted by Crippen LogP contribution is 2.41. The number of anilines is 2. The first-order chi connectivity index (χ1) is 18.3. The van der Waals surface area contributed by atoms with Crippen LogP contribution >= 0.6 is 11.6 Å². The van der Waals surface area contributed by atoms with Crippen molar-refractivity contribution in [3.63, 3.8) is 0 Å². The molecule has 0 radical (unpaired) electrons. The molecule has 2 aromatic heterocycles. The minimum atomic E-state index is -3.66. The van der Waals surface area contributed by atoms with Crippen LogP contribution in [0.4, 0.5) is 11.6 Å². The summed E-state index contributed by atoms with van der Waals surface area (Å²) < 4.78 is 37.4. The molecule has 0 aliphatic heterocycles. The second-order valence-electron chi connectivity index (χ2n) is 10.8. The van der Waals surface area contributed by atoms with Crippen molar-refractivity contribution < 1.29 is 17.6 Å². The van der Waals surface area contributed by atoms with Gasteiger partial charge in [0, 0.05) is 27.2 Å². The number of halogens is 1. The van der Waals surface area contributed by atoms with E-state index >= 15 is 0 Å². The molecule has 212 valence electrons. The number of pyridine rings is 1. The second-order valence-corrected chi connectivity index (χ2v) is 13.2. The van der Waals surface area contributed by atoms with Gasteiger partial charge in [-0.3, -0.25) is 4.31 Å². The number of aromatic nitrogens is 3. The van der Waals surface area contributed by atoms with Crippen molar-refractivity contribution in [1.82, 2.24) is 15.2 Å². The maximum Gasteiger partial charge on any atom is 0.249 e. The molecule has 1 fully saturated rings. The van der Waals surface area contributed by atoms with Gasteiger partial charge in [0.15, 0.2) is 5.82 Å². The molecule has 3 aromatic rings. The summed E-state index contributed by atoms with van der Waals surface area (Å²) in [4.78, 5) is 6.76. The van der Waals surface area contributed by atoms with Crippen molar-refractivity contribution in [3.05, 3.63) is 52.4 Å². The average Bonchev–Trinajstić information content (AvgIpc) is 3.34. The normalized spacial score (nSPS) is 18.6. The Morgan fingerprint density at radius 1 is 1.26 bits per heavy atom. The third-order valence-corrected chi connectivity index (χ3v) is 8.72. The highest BCUT2D eigenvalue weighted by molar-refractivity contribution is 7.92. The number of hydrogen-bond acceptors (Lipinski definition) is 9. The van der Waals surface area contributed by atoms with Crippen molar-refractivity contribution >= 4 is 33.3 Å². The number of methoxy groups -OCH3 is 1. The number of sulfonamides is 1. The highest BCUT2D eigenvalue weighted by atomic mass is 35.5. The molecule has 2 heterocycles. The van der Waals surface area contributed by atoms with Crippen molar-refractivity contribution in [2.75, 3.05) is 49.3 Å². The van der Waals surface area contributed by atoms with E-state index in [0.29, 0.717) is 42.8 Å². The fourth-order valence-electron chi connectivity index (χ4n) is 4.39. The molecule has 1 saturated carbocycles. The van der Waals surface area contributed by atoms with Gasteiger partial charge in [0.2, 0.25) is 21.8 Å². The van der Waals surface area contributed by atoms with Crippen LogP contribution in [0.5, 0.6) is 0 Å². The first kappa shape index (κ1) is 29.3. The molecule has 2 N–H and O–H groups in total. The van der Waals surface area contributed by atoms with E-state index in [9.17, 15) is 8.42 Å². The first-order valence-corrected chi connectivity index (χ1v) is 15.1. The molecule has 4 rings (SSSR count). The lowest BCUT2D eigenvalue weighted by molar-refractivity contribution is 0.204. The SMILES string of the molecule is COCCN(CC1CC1C)c1cc(-c2nnc(C(C)(N)Cc3ccc(C)cc3)o2)c(Cl)c(N(C)S(C)(=O)=O)n1. The molecule has 1 aliphatic carbocycles. The molecule has 3 atom stereocenters. The monoisotopic (exact) mass is 576 g/mol. The van der Waals surface area contributed by atoms with Crippen molar-refractivity contribution in [3.8, 4) is 11.5 Å². The lowest BCUT2D eigenvalue weighted by atomic mass is 9.93. The van der Waals surface area contributed by atoms with Gasteiger partial charge in [-0.25, -0.2) is 13.4 Å². The number of hydrogen-bond donors (Lipinski definition) is 1. The smallest absolute Gasteiger partial charge is 0.249 e. The fraction of sp³-hybridized carbons (Fsp3) is 0.519. The summed E-state index contributed by atoms with van der Waals surface area (Å²) in [6.45, 7) is 7.88. The minimum absolute atomic E-state index is 0.0767. The third-order valence-electron chi connectivity index (χ3n) is 7.18. The molecule has 1 aromatic carbocycles. The van der Waals surface area contributed by atoms with Gasteiger partial charge in [-0.2, -0.15) is 0 Å². The van der Waals surface area contributed by atoms with Crippen molar-refractivity contribution in [2.45, 2.75) is 39.2 Å². The zero-order valence-corrected chi connectivity index (χ0v) is 24.9. The van der Waals surface area contributed by atoms with Crippen LogP contribution in [-0.2, 0) is 26.7 Å². The number of ether oxygens (including phenoxy) is 1.